The molecule has 1 aliphatic carbocycles. The van der Waals surface area contributed by atoms with Crippen molar-refractivity contribution in [3.05, 3.63) is 83.9 Å². The van der Waals surface area contributed by atoms with E-state index in [4.69, 9.17) is 0 Å². The van der Waals surface area contributed by atoms with Crippen LogP contribution in [0.2, 0.25) is 0 Å². The van der Waals surface area contributed by atoms with Crippen molar-refractivity contribution in [3.63, 3.8) is 0 Å². The van der Waals surface area contributed by atoms with Crippen molar-refractivity contribution < 1.29 is 0 Å². The number of aryl methyl sites for hydroxylation is 1. The molecule has 1 fully saturated rings. The molecule has 0 aliphatic heterocycles. The lowest BCUT2D eigenvalue weighted by Crippen LogP contribution is -2.31. The number of allylic oxidation sites excluding steroid dienone is 1. The van der Waals surface area contributed by atoms with E-state index in [-0.39, 0.29) is 0 Å². The first kappa shape index (κ1) is 17.0. The highest BCUT2D eigenvalue weighted by Crippen LogP contribution is 2.43. The first-order valence-corrected chi connectivity index (χ1v) is 9.17. The molecule has 0 bridgehead atoms. The minimum Gasteiger partial charge on any atom is -0.302 e. The average Bonchev–Trinajstić information content (AvgIpc) is 2.61. The van der Waals surface area contributed by atoms with Crippen molar-refractivity contribution in [2.24, 2.45) is 11.8 Å². The molecule has 1 heteroatoms. The summed E-state index contributed by atoms with van der Waals surface area (Å²) in [5.74, 6) is 1.48. The van der Waals surface area contributed by atoms with Crippen LogP contribution in [0.1, 0.15) is 30.4 Å². The van der Waals surface area contributed by atoms with Gasteiger partial charge in [-0.2, -0.15) is 0 Å². The summed E-state index contributed by atoms with van der Waals surface area (Å²) >= 11 is 0. The summed E-state index contributed by atoms with van der Waals surface area (Å²) in [6.07, 6.45) is 5.04. The summed E-state index contributed by atoms with van der Waals surface area (Å²) in [6, 6.07) is 21.6. The Kier molecular flexibility index (Phi) is 5.87. The van der Waals surface area contributed by atoms with E-state index in [0.717, 1.165) is 24.9 Å². The van der Waals surface area contributed by atoms with Gasteiger partial charge in [0, 0.05) is 6.54 Å². The molecule has 24 heavy (non-hydrogen) atoms. The molecule has 0 spiro atoms. The largest absolute Gasteiger partial charge is 0.302 e. The number of hydrogen-bond donors (Lipinski definition) is 0. The van der Waals surface area contributed by atoms with E-state index < -0.39 is 0 Å². The van der Waals surface area contributed by atoms with Gasteiger partial charge in [0.05, 0.1) is 0 Å². The van der Waals surface area contributed by atoms with Gasteiger partial charge in [-0.05, 0) is 62.2 Å². The quantitative estimate of drug-likeness (QED) is 0.594. The van der Waals surface area contributed by atoms with Gasteiger partial charge in [-0.15, -0.1) is 0 Å². The van der Waals surface area contributed by atoms with Crippen LogP contribution in [0.25, 0.3) is 0 Å². The second-order valence-corrected chi connectivity index (χ2v) is 7.24. The molecule has 0 amide bonds. The van der Waals surface area contributed by atoms with Gasteiger partial charge in [0.2, 0.25) is 0 Å². The van der Waals surface area contributed by atoms with E-state index in [2.05, 4.69) is 79.2 Å². The van der Waals surface area contributed by atoms with Crippen LogP contribution in [-0.4, -0.2) is 18.5 Å². The molecule has 0 saturated heterocycles. The summed E-state index contributed by atoms with van der Waals surface area (Å²) in [7, 11) is 2.22. The second kappa shape index (κ2) is 8.30. The van der Waals surface area contributed by atoms with E-state index in [9.17, 15) is 0 Å². The van der Waals surface area contributed by atoms with Crippen LogP contribution in [0.5, 0.6) is 0 Å². The molecule has 1 nitrogen and oxygen atoms in total. The molecule has 126 valence electrons. The van der Waals surface area contributed by atoms with E-state index in [1.807, 2.05) is 0 Å². The van der Waals surface area contributed by atoms with Crippen LogP contribution in [0.15, 0.2) is 72.8 Å². The molecule has 0 radical (unpaired) electrons. The molecule has 0 aromatic heterocycles. The Morgan fingerprint density at radius 3 is 2.08 bits per heavy atom. The summed E-state index contributed by atoms with van der Waals surface area (Å²) in [5.41, 5.74) is 4.35. The minimum atomic E-state index is 0.740. The SMILES string of the molecule is C=C1[C@H](CCc2ccccc2)C[C@H]1CCN(C)Cc1ccccc1. The molecule has 0 unspecified atom stereocenters. The first-order chi connectivity index (χ1) is 11.7. The van der Waals surface area contributed by atoms with Gasteiger partial charge in [-0.25, -0.2) is 0 Å². The van der Waals surface area contributed by atoms with Gasteiger partial charge in [0.25, 0.3) is 0 Å². The van der Waals surface area contributed by atoms with Gasteiger partial charge in [-0.1, -0.05) is 72.8 Å². The van der Waals surface area contributed by atoms with Gasteiger partial charge >= 0.3 is 0 Å². The fourth-order valence-electron chi connectivity index (χ4n) is 3.76. The normalized spacial score (nSPS) is 20.2. The van der Waals surface area contributed by atoms with Crippen molar-refractivity contribution in [2.45, 2.75) is 32.2 Å². The maximum Gasteiger partial charge on any atom is 0.0230 e. The Morgan fingerprint density at radius 1 is 0.875 bits per heavy atom. The third-order valence-corrected chi connectivity index (χ3v) is 5.40. The first-order valence-electron chi connectivity index (χ1n) is 9.17. The zero-order valence-electron chi connectivity index (χ0n) is 14.8. The Bertz CT molecular complexity index is 632. The molecule has 2 aromatic carbocycles. The number of benzene rings is 2. The maximum atomic E-state index is 4.38. The molecule has 0 heterocycles. The predicted octanol–water partition coefficient (Wildman–Crippen LogP) is 5.33. The average molecular weight is 319 g/mol. The van der Waals surface area contributed by atoms with Crippen molar-refractivity contribution in [2.75, 3.05) is 13.6 Å². The number of rotatable bonds is 8. The van der Waals surface area contributed by atoms with E-state index >= 15 is 0 Å². The Morgan fingerprint density at radius 2 is 1.46 bits per heavy atom. The maximum absolute atomic E-state index is 4.38. The third-order valence-electron chi connectivity index (χ3n) is 5.40. The lowest BCUT2D eigenvalue weighted by Gasteiger charge is -2.39. The second-order valence-electron chi connectivity index (χ2n) is 7.24. The number of hydrogen-bond acceptors (Lipinski definition) is 1. The Hall–Kier alpha value is -1.86. The molecule has 1 saturated carbocycles. The Labute approximate surface area is 147 Å². The zero-order chi connectivity index (χ0) is 16.8. The van der Waals surface area contributed by atoms with Crippen LogP contribution in [0.3, 0.4) is 0 Å². The van der Waals surface area contributed by atoms with Gasteiger partial charge in [-0.3, -0.25) is 0 Å². The topological polar surface area (TPSA) is 3.24 Å². The van der Waals surface area contributed by atoms with Crippen LogP contribution in [-0.2, 0) is 13.0 Å². The molecule has 2 atom stereocenters. The van der Waals surface area contributed by atoms with Gasteiger partial charge in [0.1, 0.15) is 0 Å². The third kappa shape index (κ3) is 4.58. The monoisotopic (exact) mass is 319 g/mol. The summed E-state index contributed by atoms with van der Waals surface area (Å²) < 4.78 is 0. The zero-order valence-corrected chi connectivity index (χ0v) is 14.8. The summed E-state index contributed by atoms with van der Waals surface area (Å²) in [4.78, 5) is 2.43. The fourth-order valence-corrected chi connectivity index (χ4v) is 3.76. The van der Waals surface area contributed by atoms with Crippen molar-refractivity contribution >= 4 is 0 Å². The van der Waals surface area contributed by atoms with E-state index in [1.165, 1.54) is 42.4 Å². The van der Waals surface area contributed by atoms with Crippen LogP contribution in [0.4, 0.5) is 0 Å². The standard InChI is InChI=1S/C23H29N/c1-19-22(14-13-20-9-5-3-6-10-20)17-23(19)15-16-24(2)18-21-11-7-4-8-12-21/h3-12,22-23H,1,13-18H2,2H3/t22-,23-/m1/s1. The fraction of sp³-hybridized carbons (Fsp3) is 0.391. The molecule has 2 aromatic rings. The van der Waals surface area contributed by atoms with Gasteiger partial charge in [0.15, 0.2) is 0 Å². The van der Waals surface area contributed by atoms with Crippen LogP contribution < -0.4 is 0 Å². The number of nitrogens with zero attached hydrogens (tertiary/aromatic N) is 1. The molecular weight excluding hydrogens is 290 g/mol. The Balaban J connectivity index is 1.35. The van der Waals surface area contributed by atoms with Crippen molar-refractivity contribution in [1.82, 2.24) is 4.90 Å². The predicted molar refractivity (Wildman–Crippen MR) is 103 cm³/mol. The van der Waals surface area contributed by atoms with Crippen LogP contribution >= 0.6 is 0 Å². The molecule has 3 rings (SSSR count). The summed E-state index contributed by atoms with van der Waals surface area (Å²) in [5, 5.41) is 0. The van der Waals surface area contributed by atoms with Crippen molar-refractivity contribution in [3.8, 4) is 0 Å². The highest BCUT2D eigenvalue weighted by Gasteiger charge is 2.32. The van der Waals surface area contributed by atoms with Crippen molar-refractivity contribution in [1.29, 1.82) is 0 Å². The van der Waals surface area contributed by atoms with Crippen LogP contribution in [0, 0.1) is 11.8 Å². The highest BCUT2D eigenvalue weighted by atomic mass is 15.1. The molecule has 1 aliphatic rings. The van der Waals surface area contributed by atoms with Gasteiger partial charge < -0.3 is 4.90 Å². The smallest absolute Gasteiger partial charge is 0.0230 e. The molecular formula is C23H29N. The minimum absolute atomic E-state index is 0.740. The molecule has 0 N–H and O–H groups in total. The van der Waals surface area contributed by atoms with E-state index in [1.54, 1.807) is 0 Å². The van der Waals surface area contributed by atoms with E-state index in [0.29, 0.717) is 0 Å². The summed E-state index contributed by atoms with van der Waals surface area (Å²) in [6.45, 7) is 6.57. The lowest BCUT2D eigenvalue weighted by molar-refractivity contribution is 0.237. The lowest BCUT2D eigenvalue weighted by atomic mass is 9.67. The highest BCUT2D eigenvalue weighted by molar-refractivity contribution is 5.19.